The largest absolute Gasteiger partial charge is 0.316 e. The molecule has 1 atom stereocenters. The highest BCUT2D eigenvalue weighted by Gasteiger charge is 2.33. The van der Waals surface area contributed by atoms with E-state index in [0.29, 0.717) is 13.1 Å². The number of sulfonamides is 1. The normalized spacial score (nSPS) is 21.4. The molecule has 1 aromatic carbocycles. The Labute approximate surface area is 111 Å². The first-order chi connectivity index (χ1) is 8.45. The van der Waals surface area contributed by atoms with Crippen LogP contribution in [0.2, 0.25) is 5.02 Å². The van der Waals surface area contributed by atoms with Crippen LogP contribution in [-0.4, -0.2) is 38.9 Å². The van der Waals surface area contributed by atoms with Crippen LogP contribution in [0.5, 0.6) is 0 Å². The first kappa shape index (κ1) is 13.7. The van der Waals surface area contributed by atoms with Gasteiger partial charge in [0.2, 0.25) is 10.0 Å². The average Bonchev–Trinajstić information content (AvgIpc) is 2.77. The Hall–Kier alpha value is -0.690. The third-order valence-corrected chi connectivity index (χ3v) is 5.20. The van der Waals surface area contributed by atoms with Crippen LogP contribution in [-0.2, 0) is 10.0 Å². The number of benzene rings is 1. The third-order valence-electron chi connectivity index (χ3n) is 3.07. The second kappa shape index (κ2) is 5.13. The van der Waals surface area contributed by atoms with E-state index in [1.54, 1.807) is 7.05 Å². The molecule has 100 valence electrons. The lowest BCUT2D eigenvalue weighted by Gasteiger charge is -2.17. The van der Waals surface area contributed by atoms with Gasteiger partial charge in [0, 0.05) is 24.2 Å². The van der Waals surface area contributed by atoms with Gasteiger partial charge >= 0.3 is 0 Å². The summed E-state index contributed by atoms with van der Waals surface area (Å²) in [5, 5.41) is 3.20. The maximum Gasteiger partial charge on any atom is 0.246 e. The van der Waals surface area contributed by atoms with Gasteiger partial charge in [0.1, 0.15) is 10.7 Å². The molecule has 7 heteroatoms. The molecule has 1 aliphatic heterocycles. The number of halogens is 2. The monoisotopic (exact) mass is 292 g/mol. The van der Waals surface area contributed by atoms with Gasteiger partial charge in [-0.05, 0) is 31.7 Å². The smallest absolute Gasteiger partial charge is 0.246 e. The van der Waals surface area contributed by atoms with E-state index >= 15 is 0 Å². The van der Waals surface area contributed by atoms with Crippen molar-refractivity contribution in [2.24, 2.45) is 0 Å². The maximum absolute atomic E-state index is 13.7. The number of hydrogen-bond donors (Lipinski definition) is 1. The fourth-order valence-corrected chi connectivity index (χ4v) is 3.71. The van der Waals surface area contributed by atoms with Crippen LogP contribution < -0.4 is 5.32 Å². The van der Waals surface area contributed by atoms with E-state index in [-0.39, 0.29) is 16.0 Å². The SMILES string of the molecule is CNC1CCN(S(=O)(=O)c2ccc(Cl)cc2F)C1. The first-order valence-electron chi connectivity index (χ1n) is 5.57. The zero-order valence-corrected chi connectivity index (χ0v) is 11.4. The molecule has 1 saturated heterocycles. The summed E-state index contributed by atoms with van der Waals surface area (Å²) in [5.74, 6) is -0.810. The Morgan fingerprint density at radius 3 is 2.78 bits per heavy atom. The summed E-state index contributed by atoms with van der Waals surface area (Å²) in [6.45, 7) is 0.761. The summed E-state index contributed by atoms with van der Waals surface area (Å²) < 4.78 is 39.5. The molecule has 0 spiro atoms. The van der Waals surface area contributed by atoms with Crippen LogP contribution in [0.3, 0.4) is 0 Å². The van der Waals surface area contributed by atoms with Gasteiger partial charge in [-0.2, -0.15) is 4.31 Å². The topological polar surface area (TPSA) is 49.4 Å². The second-order valence-corrected chi connectivity index (χ2v) is 6.55. The van der Waals surface area contributed by atoms with Crippen LogP contribution in [0.1, 0.15) is 6.42 Å². The van der Waals surface area contributed by atoms with E-state index in [4.69, 9.17) is 11.6 Å². The first-order valence-corrected chi connectivity index (χ1v) is 7.39. The summed E-state index contributed by atoms with van der Waals surface area (Å²) in [7, 11) is -1.99. The number of nitrogens with one attached hydrogen (secondary N) is 1. The molecule has 1 aromatic rings. The van der Waals surface area contributed by atoms with Gasteiger partial charge in [0.15, 0.2) is 0 Å². The standard InChI is InChI=1S/C11H14ClFN2O2S/c1-14-9-4-5-15(7-9)18(16,17)11-3-2-8(12)6-10(11)13/h2-3,6,9,14H,4-5,7H2,1H3. The Morgan fingerprint density at radius 1 is 1.50 bits per heavy atom. The quantitative estimate of drug-likeness (QED) is 0.918. The molecule has 1 unspecified atom stereocenters. The van der Waals surface area contributed by atoms with E-state index in [0.717, 1.165) is 12.5 Å². The highest BCUT2D eigenvalue weighted by atomic mass is 35.5. The molecule has 4 nitrogen and oxygen atoms in total. The Balaban J connectivity index is 2.31. The zero-order chi connectivity index (χ0) is 13.3. The van der Waals surface area contributed by atoms with Gasteiger partial charge in [0.05, 0.1) is 0 Å². The molecule has 1 fully saturated rings. The lowest BCUT2D eigenvalue weighted by Crippen LogP contribution is -2.33. The lowest BCUT2D eigenvalue weighted by molar-refractivity contribution is 0.458. The van der Waals surface area contributed by atoms with E-state index in [1.165, 1.54) is 16.4 Å². The molecule has 1 heterocycles. The van der Waals surface area contributed by atoms with E-state index in [1.807, 2.05) is 0 Å². The molecule has 2 rings (SSSR count). The zero-order valence-electron chi connectivity index (χ0n) is 9.86. The van der Waals surface area contributed by atoms with Crippen molar-refractivity contribution >= 4 is 21.6 Å². The van der Waals surface area contributed by atoms with Crippen molar-refractivity contribution in [3.8, 4) is 0 Å². The molecule has 0 amide bonds. The Kier molecular flexibility index (Phi) is 3.91. The molecular formula is C11H14ClFN2O2S. The minimum atomic E-state index is -3.77. The van der Waals surface area contributed by atoms with E-state index in [9.17, 15) is 12.8 Å². The molecule has 1 aliphatic rings. The van der Waals surface area contributed by atoms with Crippen LogP contribution in [0.15, 0.2) is 23.1 Å². The molecule has 0 aromatic heterocycles. The van der Waals surface area contributed by atoms with Crippen LogP contribution >= 0.6 is 11.6 Å². The van der Waals surface area contributed by atoms with Crippen molar-refractivity contribution in [1.29, 1.82) is 0 Å². The Bertz CT molecular complexity index is 550. The van der Waals surface area contributed by atoms with Crippen molar-refractivity contribution in [3.05, 3.63) is 29.0 Å². The highest BCUT2D eigenvalue weighted by molar-refractivity contribution is 7.89. The van der Waals surface area contributed by atoms with Crippen LogP contribution in [0.25, 0.3) is 0 Å². The molecule has 0 bridgehead atoms. The second-order valence-electron chi connectivity index (χ2n) is 4.21. The van der Waals surface area contributed by atoms with Crippen LogP contribution in [0, 0.1) is 5.82 Å². The highest BCUT2D eigenvalue weighted by Crippen LogP contribution is 2.25. The molecule has 1 N–H and O–H groups in total. The average molecular weight is 293 g/mol. The summed E-state index contributed by atoms with van der Waals surface area (Å²) >= 11 is 5.61. The number of likely N-dealkylation sites (N-methyl/N-ethyl adjacent to an activating group) is 1. The third kappa shape index (κ3) is 2.51. The van der Waals surface area contributed by atoms with Gasteiger partial charge in [-0.1, -0.05) is 11.6 Å². The van der Waals surface area contributed by atoms with Crippen molar-refractivity contribution in [2.45, 2.75) is 17.4 Å². The van der Waals surface area contributed by atoms with Gasteiger partial charge in [-0.25, -0.2) is 12.8 Å². The van der Waals surface area contributed by atoms with Gasteiger partial charge in [0.25, 0.3) is 0 Å². The predicted molar refractivity (Wildman–Crippen MR) is 67.6 cm³/mol. The predicted octanol–water partition coefficient (Wildman–Crippen LogP) is 1.46. The molecule has 18 heavy (non-hydrogen) atoms. The van der Waals surface area contributed by atoms with Gasteiger partial charge in [-0.15, -0.1) is 0 Å². The summed E-state index contributed by atoms with van der Waals surface area (Å²) in [6.07, 6.45) is 0.727. The van der Waals surface area contributed by atoms with Gasteiger partial charge < -0.3 is 5.32 Å². The molecule has 0 saturated carbocycles. The Morgan fingerprint density at radius 2 is 2.22 bits per heavy atom. The molecular weight excluding hydrogens is 279 g/mol. The minimum Gasteiger partial charge on any atom is -0.316 e. The van der Waals surface area contributed by atoms with E-state index < -0.39 is 15.8 Å². The maximum atomic E-state index is 13.7. The fourth-order valence-electron chi connectivity index (χ4n) is 2.01. The number of hydrogen-bond acceptors (Lipinski definition) is 3. The summed E-state index contributed by atoms with van der Waals surface area (Å²) in [5.41, 5.74) is 0. The summed E-state index contributed by atoms with van der Waals surface area (Å²) in [4.78, 5) is -0.316. The van der Waals surface area contributed by atoms with Crippen molar-refractivity contribution in [1.82, 2.24) is 9.62 Å². The minimum absolute atomic E-state index is 0.120. The fraction of sp³-hybridized carbons (Fsp3) is 0.455. The number of nitrogens with zero attached hydrogens (tertiary/aromatic N) is 1. The number of rotatable bonds is 3. The van der Waals surface area contributed by atoms with Crippen molar-refractivity contribution < 1.29 is 12.8 Å². The van der Waals surface area contributed by atoms with Gasteiger partial charge in [-0.3, -0.25) is 0 Å². The summed E-state index contributed by atoms with van der Waals surface area (Å²) in [6, 6.07) is 3.72. The lowest BCUT2D eigenvalue weighted by atomic mass is 10.3. The van der Waals surface area contributed by atoms with Crippen molar-refractivity contribution in [2.75, 3.05) is 20.1 Å². The van der Waals surface area contributed by atoms with E-state index in [2.05, 4.69) is 5.32 Å². The molecule has 0 aliphatic carbocycles. The van der Waals surface area contributed by atoms with Crippen LogP contribution in [0.4, 0.5) is 4.39 Å². The van der Waals surface area contributed by atoms with Crippen molar-refractivity contribution in [3.63, 3.8) is 0 Å². The molecule has 0 radical (unpaired) electrons.